The van der Waals surface area contributed by atoms with Crippen molar-refractivity contribution in [2.75, 3.05) is 20.0 Å². The van der Waals surface area contributed by atoms with Crippen molar-refractivity contribution < 1.29 is 9.47 Å². The molecule has 2 rings (SSSR count). The van der Waals surface area contributed by atoms with Gasteiger partial charge in [-0.25, -0.2) is 0 Å². The molecule has 0 atom stereocenters. The van der Waals surface area contributed by atoms with E-state index in [1.165, 1.54) is 4.88 Å². The van der Waals surface area contributed by atoms with E-state index in [1.54, 1.807) is 25.6 Å². The van der Waals surface area contributed by atoms with Gasteiger partial charge in [0.15, 0.2) is 11.5 Å². The first-order chi connectivity index (χ1) is 8.15. The second-order valence-corrected chi connectivity index (χ2v) is 4.86. The van der Waals surface area contributed by atoms with Crippen molar-refractivity contribution in [3.05, 3.63) is 28.5 Å². The van der Waals surface area contributed by atoms with Gasteiger partial charge in [0.1, 0.15) is 0 Å². The monoisotopic (exact) mass is 249 g/mol. The van der Waals surface area contributed by atoms with Crippen LogP contribution in [-0.4, -0.2) is 14.2 Å². The van der Waals surface area contributed by atoms with Gasteiger partial charge >= 0.3 is 0 Å². The Balaban J connectivity index is 2.53. The molecule has 0 bridgehead atoms. The van der Waals surface area contributed by atoms with Crippen molar-refractivity contribution in [3.8, 4) is 22.6 Å². The van der Waals surface area contributed by atoms with Crippen molar-refractivity contribution in [3.63, 3.8) is 0 Å². The number of anilines is 1. The van der Waals surface area contributed by atoms with Crippen LogP contribution in [0, 0.1) is 6.92 Å². The second kappa shape index (κ2) is 4.67. The average Bonchev–Trinajstić information content (AvgIpc) is 2.74. The van der Waals surface area contributed by atoms with Crippen LogP contribution in [0.5, 0.6) is 11.5 Å². The number of nitrogen functional groups attached to an aromatic ring is 1. The van der Waals surface area contributed by atoms with E-state index in [4.69, 9.17) is 15.2 Å². The number of nitrogens with two attached hydrogens (primary N) is 1. The Kier molecular flexibility index (Phi) is 3.24. The summed E-state index contributed by atoms with van der Waals surface area (Å²) in [7, 11) is 3.20. The van der Waals surface area contributed by atoms with Gasteiger partial charge in [0.05, 0.1) is 19.9 Å². The fourth-order valence-electron chi connectivity index (χ4n) is 1.76. The molecule has 1 aromatic heterocycles. The van der Waals surface area contributed by atoms with Crippen molar-refractivity contribution in [1.82, 2.24) is 0 Å². The standard InChI is InChI=1S/C13H15NO2S/c1-8-4-10(7-17-8)9-5-11(14)13(16-3)12(6-9)15-2/h4-7H,14H2,1-3H3. The number of benzene rings is 1. The third-order valence-electron chi connectivity index (χ3n) is 2.57. The Morgan fingerprint density at radius 3 is 2.35 bits per heavy atom. The molecule has 2 N–H and O–H groups in total. The zero-order valence-corrected chi connectivity index (χ0v) is 10.9. The van der Waals surface area contributed by atoms with E-state index in [9.17, 15) is 0 Å². The molecule has 0 aliphatic carbocycles. The van der Waals surface area contributed by atoms with E-state index in [0.717, 1.165) is 11.1 Å². The molecule has 17 heavy (non-hydrogen) atoms. The van der Waals surface area contributed by atoms with Crippen molar-refractivity contribution in [2.24, 2.45) is 0 Å². The third kappa shape index (κ3) is 2.22. The zero-order chi connectivity index (χ0) is 12.4. The Morgan fingerprint density at radius 1 is 1.06 bits per heavy atom. The summed E-state index contributed by atoms with van der Waals surface area (Å²) in [4.78, 5) is 1.27. The quantitative estimate of drug-likeness (QED) is 0.849. The molecule has 0 amide bonds. The van der Waals surface area contributed by atoms with Gasteiger partial charge in [-0.05, 0) is 41.6 Å². The minimum Gasteiger partial charge on any atom is -0.493 e. The Hall–Kier alpha value is -1.68. The number of rotatable bonds is 3. The minimum absolute atomic E-state index is 0.586. The van der Waals surface area contributed by atoms with Crippen LogP contribution < -0.4 is 15.2 Å². The van der Waals surface area contributed by atoms with Crippen molar-refractivity contribution in [1.29, 1.82) is 0 Å². The predicted molar refractivity (Wildman–Crippen MR) is 72.0 cm³/mol. The van der Waals surface area contributed by atoms with Crippen LogP contribution in [0.25, 0.3) is 11.1 Å². The molecular weight excluding hydrogens is 234 g/mol. The molecule has 0 aliphatic heterocycles. The molecule has 0 fully saturated rings. The molecule has 1 aromatic carbocycles. The summed E-state index contributed by atoms with van der Waals surface area (Å²) in [5.41, 5.74) is 8.74. The van der Waals surface area contributed by atoms with E-state index >= 15 is 0 Å². The van der Waals surface area contributed by atoms with E-state index < -0.39 is 0 Å². The van der Waals surface area contributed by atoms with Gasteiger partial charge in [0, 0.05) is 4.88 Å². The molecular formula is C13H15NO2S. The normalized spacial score (nSPS) is 10.3. The van der Waals surface area contributed by atoms with E-state index in [0.29, 0.717) is 17.2 Å². The molecule has 4 heteroatoms. The van der Waals surface area contributed by atoms with Crippen LogP contribution in [0.2, 0.25) is 0 Å². The molecule has 0 saturated carbocycles. The highest BCUT2D eigenvalue weighted by molar-refractivity contribution is 7.10. The predicted octanol–water partition coefficient (Wildman–Crippen LogP) is 3.32. The van der Waals surface area contributed by atoms with Crippen LogP contribution in [0.4, 0.5) is 5.69 Å². The highest BCUT2D eigenvalue weighted by Gasteiger charge is 2.11. The van der Waals surface area contributed by atoms with Crippen LogP contribution in [0.15, 0.2) is 23.6 Å². The molecule has 0 radical (unpaired) electrons. The lowest BCUT2D eigenvalue weighted by Crippen LogP contribution is -1.96. The van der Waals surface area contributed by atoms with Gasteiger partial charge < -0.3 is 15.2 Å². The van der Waals surface area contributed by atoms with Gasteiger partial charge in [0.2, 0.25) is 0 Å². The van der Waals surface area contributed by atoms with Crippen LogP contribution in [0.1, 0.15) is 4.88 Å². The summed E-state index contributed by atoms with van der Waals surface area (Å²) in [5, 5.41) is 2.11. The summed E-state index contributed by atoms with van der Waals surface area (Å²) in [5.74, 6) is 1.24. The largest absolute Gasteiger partial charge is 0.493 e. The minimum atomic E-state index is 0.586. The van der Waals surface area contributed by atoms with Crippen LogP contribution in [0.3, 0.4) is 0 Å². The van der Waals surface area contributed by atoms with Crippen molar-refractivity contribution in [2.45, 2.75) is 6.92 Å². The maximum Gasteiger partial charge on any atom is 0.183 e. The van der Waals surface area contributed by atoms with Crippen LogP contribution in [-0.2, 0) is 0 Å². The molecule has 2 aromatic rings. The summed E-state index contributed by atoms with van der Waals surface area (Å²) < 4.78 is 10.5. The number of methoxy groups -OCH3 is 2. The molecule has 0 spiro atoms. The second-order valence-electron chi connectivity index (χ2n) is 3.75. The molecule has 3 nitrogen and oxygen atoms in total. The van der Waals surface area contributed by atoms with Gasteiger partial charge in [-0.2, -0.15) is 0 Å². The number of hydrogen-bond acceptors (Lipinski definition) is 4. The Morgan fingerprint density at radius 2 is 1.82 bits per heavy atom. The van der Waals surface area contributed by atoms with Crippen LogP contribution >= 0.6 is 11.3 Å². The lowest BCUT2D eigenvalue weighted by atomic mass is 10.1. The summed E-state index contributed by atoms with van der Waals surface area (Å²) in [6.45, 7) is 2.08. The first-order valence-electron chi connectivity index (χ1n) is 5.22. The average molecular weight is 249 g/mol. The number of ether oxygens (including phenoxy) is 2. The Labute approximate surface area is 105 Å². The smallest absolute Gasteiger partial charge is 0.183 e. The number of thiophene rings is 1. The summed E-state index contributed by atoms with van der Waals surface area (Å²) in [6, 6.07) is 5.98. The van der Waals surface area contributed by atoms with E-state index in [1.807, 2.05) is 12.1 Å². The summed E-state index contributed by atoms with van der Waals surface area (Å²) in [6.07, 6.45) is 0. The molecule has 90 valence electrons. The fraction of sp³-hybridized carbons (Fsp3) is 0.231. The highest BCUT2D eigenvalue weighted by atomic mass is 32.1. The van der Waals surface area contributed by atoms with Gasteiger partial charge in [0.25, 0.3) is 0 Å². The topological polar surface area (TPSA) is 44.5 Å². The van der Waals surface area contributed by atoms with Gasteiger partial charge in [-0.15, -0.1) is 11.3 Å². The van der Waals surface area contributed by atoms with Crippen molar-refractivity contribution >= 4 is 17.0 Å². The zero-order valence-electron chi connectivity index (χ0n) is 10.1. The maximum absolute atomic E-state index is 5.95. The highest BCUT2D eigenvalue weighted by Crippen LogP contribution is 2.38. The Bertz CT molecular complexity index is 534. The maximum atomic E-state index is 5.95. The molecule has 0 saturated heterocycles. The molecule has 1 heterocycles. The fourth-order valence-corrected chi connectivity index (χ4v) is 2.47. The summed E-state index contributed by atoms with van der Waals surface area (Å²) >= 11 is 1.72. The van der Waals surface area contributed by atoms with E-state index in [-0.39, 0.29) is 0 Å². The molecule has 0 unspecified atom stereocenters. The molecule has 0 aliphatic rings. The first kappa shape index (κ1) is 11.8. The van der Waals surface area contributed by atoms with Gasteiger partial charge in [-0.1, -0.05) is 0 Å². The van der Waals surface area contributed by atoms with E-state index in [2.05, 4.69) is 18.4 Å². The first-order valence-corrected chi connectivity index (χ1v) is 6.10. The lowest BCUT2D eigenvalue weighted by Gasteiger charge is -2.11. The third-order valence-corrected chi connectivity index (χ3v) is 3.43. The number of aryl methyl sites for hydroxylation is 1. The van der Waals surface area contributed by atoms with Gasteiger partial charge in [-0.3, -0.25) is 0 Å². The lowest BCUT2D eigenvalue weighted by molar-refractivity contribution is 0.356. The SMILES string of the molecule is COc1cc(-c2csc(C)c2)cc(N)c1OC. The number of hydrogen-bond donors (Lipinski definition) is 1.